The van der Waals surface area contributed by atoms with Gasteiger partial charge in [-0.2, -0.15) is 4.33 Å². The van der Waals surface area contributed by atoms with Gasteiger partial charge in [-0.25, -0.2) is 33.6 Å². The van der Waals surface area contributed by atoms with Crippen molar-refractivity contribution >= 4 is 45.9 Å². The second-order valence-electron chi connectivity index (χ2n) is 9.25. The lowest BCUT2D eigenvalue weighted by atomic mass is 10.3. The molecular formula is C30H24F2N6O6S2. The summed E-state index contributed by atoms with van der Waals surface area (Å²) < 4.78 is 44.9. The number of thioether (sulfide) groups is 1. The minimum absolute atomic E-state index is 0.0488. The third kappa shape index (κ3) is 7.48. The van der Waals surface area contributed by atoms with E-state index in [9.17, 15) is 18.4 Å². The van der Waals surface area contributed by atoms with Crippen LogP contribution in [0, 0.1) is 11.6 Å². The molecule has 0 aliphatic heterocycles. The van der Waals surface area contributed by atoms with E-state index in [1.807, 2.05) is 6.26 Å². The lowest BCUT2D eigenvalue weighted by molar-refractivity contribution is -0.160. The highest BCUT2D eigenvalue weighted by molar-refractivity contribution is 7.98. The second-order valence-corrected chi connectivity index (χ2v) is 10.7. The molecule has 0 aliphatic carbocycles. The number of fused-ring (bicyclic) bond motifs is 2. The monoisotopic (exact) mass is 666 g/mol. The van der Waals surface area contributed by atoms with Gasteiger partial charge >= 0.3 is 0 Å². The number of aryl methyl sites for hydroxylation is 2. The van der Waals surface area contributed by atoms with Crippen LogP contribution in [0.3, 0.4) is 0 Å². The molecule has 6 rings (SSSR count). The molecule has 0 radical (unpaired) electrons. The molecule has 0 aliphatic rings. The van der Waals surface area contributed by atoms with Crippen molar-refractivity contribution in [3.63, 3.8) is 0 Å². The van der Waals surface area contributed by atoms with Crippen molar-refractivity contribution in [1.29, 1.82) is 0 Å². The number of pyridine rings is 2. The van der Waals surface area contributed by atoms with Gasteiger partial charge in [0.05, 0.1) is 7.11 Å². The molecule has 236 valence electrons. The zero-order valence-corrected chi connectivity index (χ0v) is 26.3. The molecule has 46 heavy (non-hydrogen) atoms. The van der Waals surface area contributed by atoms with Crippen LogP contribution in [0.5, 0.6) is 23.0 Å². The van der Waals surface area contributed by atoms with Crippen molar-refractivity contribution in [3.8, 4) is 23.0 Å². The summed E-state index contributed by atoms with van der Waals surface area (Å²) in [5, 5.41) is 2.14. The average Bonchev–Trinajstić information content (AvgIpc) is 3.05. The van der Waals surface area contributed by atoms with Crippen LogP contribution in [-0.2, 0) is 23.3 Å². The van der Waals surface area contributed by atoms with Crippen LogP contribution in [0.4, 0.5) is 8.78 Å². The standard InChI is InChI=1S/C15H12FN3O4S.C15H12FN3O2S/c1-19-13-9(8-17-15(18-13)24-23-21-2)6-12(14(19)20)22-11-5-3-4-10(16)7-11;1-19-13-9(8-17-15(18-13)22-2)6-12(14(19)20)21-11-5-3-4-10(16)7-11/h3-8H,1-2H3;3-8H,1-2H3. The van der Waals surface area contributed by atoms with Crippen LogP contribution in [0.2, 0.25) is 0 Å². The number of aromatic nitrogens is 6. The van der Waals surface area contributed by atoms with Gasteiger partial charge in [-0.1, -0.05) is 23.9 Å². The van der Waals surface area contributed by atoms with E-state index in [1.54, 1.807) is 38.5 Å². The first-order chi connectivity index (χ1) is 22.2. The van der Waals surface area contributed by atoms with Crippen molar-refractivity contribution in [2.24, 2.45) is 14.1 Å². The highest BCUT2D eigenvalue weighted by atomic mass is 32.2. The molecule has 0 saturated heterocycles. The first-order valence-electron chi connectivity index (χ1n) is 13.2. The van der Waals surface area contributed by atoms with Crippen molar-refractivity contribution in [2.75, 3.05) is 13.4 Å². The normalized spacial score (nSPS) is 10.9. The third-order valence-electron chi connectivity index (χ3n) is 6.19. The number of ether oxygens (including phenoxy) is 2. The summed E-state index contributed by atoms with van der Waals surface area (Å²) >= 11 is 2.22. The molecule has 0 unspecified atom stereocenters. The van der Waals surface area contributed by atoms with Gasteiger partial charge in [0, 0.05) is 49.4 Å². The van der Waals surface area contributed by atoms with E-state index in [4.69, 9.17) is 13.8 Å². The lowest BCUT2D eigenvalue weighted by Crippen LogP contribution is -2.19. The summed E-state index contributed by atoms with van der Waals surface area (Å²) in [5.41, 5.74) is 0.177. The molecule has 0 amide bonds. The molecule has 16 heteroatoms. The molecule has 2 aromatic carbocycles. The molecule has 4 heterocycles. The fourth-order valence-electron chi connectivity index (χ4n) is 4.07. The van der Waals surface area contributed by atoms with Gasteiger partial charge in [-0.3, -0.25) is 18.7 Å². The molecule has 0 saturated carbocycles. The molecule has 4 aromatic heterocycles. The minimum Gasteiger partial charge on any atom is -0.451 e. The highest BCUT2D eigenvalue weighted by Gasteiger charge is 2.13. The van der Waals surface area contributed by atoms with Crippen LogP contribution in [0.15, 0.2) is 93.0 Å². The van der Waals surface area contributed by atoms with Gasteiger partial charge < -0.3 is 9.47 Å². The Morgan fingerprint density at radius 1 is 0.717 bits per heavy atom. The molecule has 0 bridgehead atoms. The van der Waals surface area contributed by atoms with Gasteiger partial charge in [-0.15, -0.1) is 0 Å². The molecule has 0 atom stereocenters. The van der Waals surface area contributed by atoms with Gasteiger partial charge in [0.25, 0.3) is 11.1 Å². The Hall–Kier alpha value is -4.90. The van der Waals surface area contributed by atoms with E-state index >= 15 is 0 Å². The number of hydrogen-bond acceptors (Lipinski definition) is 12. The Morgan fingerprint density at radius 2 is 1.20 bits per heavy atom. The fraction of sp³-hybridized carbons (Fsp3) is 0.133. The van der Waals surface area contributed by atoms with Crippen LogP contribution in [0.25, 0.3) is 22.1 Å². The van der Waals surface area contributed by atoms with Crippen molar-refractivity contribution < 1.29 is 27.5 Å². The average molecular weight is 667 g/mol. The SMILES string of the molecule is COOSc1ncc2cc(Oc3cccc(F)c3)c(=O)n(C)c2n1.CSc1ncc2cc(Oc3cccc(F)c3)c(=O)n(C)c2n1. The Labute approximate surface area is 268 Å². The topological polar surface area (TPSA) is 132 Å². The molecule has 0 spiro atoms. The first-order valence-corrected chi connectivity index (χ1v) is 15.1. The van der Waals surface area contributed by atoms with E-state index < -0.39 is 17.2 Å². The molecule has 0 N–H and O–H groups in total. The maximum Gasteiger partial charge on any atom is 0.294 e. The third-order valence-corrected chi connectivity index (χ3v) is 7.31. The van der Waals surface area contributed by atoms with Gasteiger partial charge in [0.1, 0.15) is 46.5 Å². The van der Waals surface area contributed by atoms with E-state index in [1.165, 1.54) is 76.7 Å². The Balaban J connectivity index is 0.000000182. The summed E-state index contributed by atoms with van der Waals surface area (Å²) in [5.74, 6) is -0.240. The highest BCUT2D eigenvalue weighted by Crippen LogP contribution is 2.24. The number of halogens is 2. The van der Waals surface area contributed by atoms with Crippen LogP contribution in [-0.4, -0.2) is 42.4 Å². The molecule has 6 aromatic rings. The second kappa shape index (κ2) is 14.5. The van der Waals surface area contributed by atoms with Gasteiger partial charge in [-0.05, 0) is 42.7 Å². The predicted octanol–water partition coefficient (Wildman–Crippen LogP) is 5.83. The Morgan fingerprint density at radius 3 is 1.65 bits per heavy atom. The van der Waals surface area contributed by atoms with E-state index in [2.05, 4.69) is 24.8 Å². The van der Waals surface area contributed by atoms with Gasteiger partial charge in [0.15, 0.2) is 16.7 Å². The zero-order chi connectivity index (χ0) is 32.8. The van der Waals surface area contributed by atoms with Crippen molar-refractivity contribution in [1.82, 2.24) is 29.1 Å². The summed E-state index contributed by atoms with van der Waals surface area (Å²) in [6.45, 7) is 0. The smallest absolute Gasteiger partial charge is 0.294 e. The largest absolute Gasteiger partial charge is 0.451 e. The van der Waals surface area contributed by atoms with Crippen LogP contribution >= 0.6 is 23.8 Å². The Bertz CT molecular complexity index is 2160. The van der Waals surface area contributed by atoms with Crippen molar-refractivity contribution in [2.45, 2.75) is 10.3 Å². The van der Waals surface area contributed by atoms with E-state index in [0.717, 1.165) is 12.0 Å². The number of benzene rings is 2. The molecule has 12 nitrogen and oxygen atoms in total. The summed E-state index contributed by atoms with van der Waals surface area (Å²) in [6, 6.07) is 14.2. The molecular weight excluding hydrogens is 642 g/mol. The summed E-state index contributed by atoms with van der Waals surface area (Å²) in [7, 11) is 4.53. The maximum atomic E-state index is 13.2. The van der Waals surface area contributed by atoms with Crippen molar-refractivity contribution in [3.05, 3.63) is 105 Å². The maximum absolute atomic E-state index is 13.2. The lowest BCUT2D eigenvalue weighted by Gasteiger charge is -2.10. The van der Waals surface area contributed by atoms with Crippen LogP contribution in [0.1, 0.15) is 0 Å². The summed E-state index contributed by atoms with van der Waals surface area (Å²) in [4.78, 5) is 46.1. The first kappa shape index (κ1) is 32.5. The van der Waals surface area contributed by atoms with Crippen LogP contribution < -0.4 is 20.6 Å². The zero-order valence-electron chi connectivity index (χ0n) is 24.6. The van der Waals surface area contributed by atoms with E-state index in [-0.39, 0.29) is 33.7 Å². The quantitative estimate of drug-likeness (QED) is 0.0637. The predicted molar refractivity (Wildman–Crippen MR) is 168 cm³/mol. The molecule has 0 fully saturated rings. The number of rotatable bonds is 8. The number of nitrogens with zero attached hydrogens (tertiary/aromatic N) is 6. The number of hydrogen-bond donors (Lipinski definition) is 0. The van der Waals surface area contributed by atoms with Gasteiger partial charge in [0.2, 0.25) is 5.16 Å². The minimum atomic E-state index is -0.451. The van der Waals surface area contributed by atoms with E-state index in [0.29, 0.717) is 27.2 Å². The Kier molecular flexibility index (Phi) is 10.2. The fourth-order valence-corrected chi connectivity index (χ4v) is 4.75. The summed E-state index contributed by atoms with van der Waals surface area (Å²) in [6.07, 6.45) is 5.02.